The van der Waals surface area contributed by atoms with Crippen molar-refractivity contribution < 1.29 is 9.90 Å². The van der Waals surface area contributed by atoms with Crippen molar-refractivity contribution in [2.45, 2.75) is 39.5 Å². The third kappa shape index (κ3) is 6.27. The molecule has 0 aliphatic rings. The van der Waals surface area contributed by atoms with Crippen molar-refractivity contribution in [2.24, 2.45) is 0 Å². The lowest BCUT2D eigenvalue weighted by molar-refractivity contribution is -0.117. The van der Waals surface area contributed by atoms with Gasteiger partial charge in [-0.25, -0.2) is 0 Å². The quantitative estimate of drug-likeness (QED) is 0.736. The van der Waals surface area contributed by atoms with E-state index in [1.54, 1.807) is 0 Å². The van der Waals surface area contributed by atoms with Crippen molar-refractivity contribution in [1.29, 1.82) is 0 Å². The van der Waals surface area contributed by atoms with Gasteiger partial charge in [-0.15, -0.1) is 0 Å². The van der Waals surface area contributed by atoms with Crippen molar-refractivity contribution in [3.05, 3.63) is 29.8 Å². The molecule has 4 heteroatoms. The van der Waals surface area contributed by atoms with Gasteiger partial charge in [0, 0.05) is 12.2 Å². The highest BCUT2D eigenvalue weighted by Gasteiger charge is 2.10. The molecule has 1 aromatic rings. The second kappa shape index (κ2) is 9.53. The SMILES string of the molecule is CCCN(CCO)CC(=O)Nc1ccc(C(C)CC)cc1. The van der Waals surface area contributed by atoms with Gasteiger partial charge in [0.1, 0.15) is 0 Å². The van der Waals surface area contributed by atoms with E-state index < -0.39 is 0 Å². The van der Waals surface area contributed by atoms with Crippen LogP contribution in [-0.4, -0.2) is 42.2 Å². The van der Waals surface area contributed by atoms with Gasteiger partial charge in [-0.1, -0.05) is 32.9 Å². The fourth-order valence-electron chi connectivity index (χ4n) is 2.26. The van der Waals surface area contributed by atoms with Gasteiger partial charge in [-0.2, -0.15) is 0 Å². The Balaban J connectivity index is 2.53. The first kappa shape index (κ1) is 17.7. The minimum atomic E-state index is -0.0341. The van der Waals surface area contributed by atoms with Gasteiger partial charge in [0.05, 0.1) is 13.2 Å². The molecule has 1 atom stereocenters. The molecule has 0 heterocycles. The van der Waals surface area contributed by atoms with Crippen LogP contribution in [0.3, 0.4) is 0 Å². The van der Waals surface area contributed by atoms with E-state index in [1.807, 2.05) is 17.0 Å². The predicted octanol–water partition coefficient (Wildman–Crippen LogP) is 2.84. The molecule has 4 nitrogen and oxygen atoms in total. The molecule has 1 amide bonds. The summed E-state index contributed by atoms with van der Waals surface area (Å²) < 4.78 is 0. The monoisotopic (exact) mass is 292 g/mol. The number of hydrogen-bond donors (Lipinski definition) is 2. The molecule has 0 fully saturated rings. The molecule has 0 spiro atoms. The summed E-state index contributed by atoms with van der Waals surface area (Å²) in [7, 11) is 0. The van der Waals surface area contributed by atoms with Gasteiger partial charge in [-0.05, 0) is 43.0 Å². The second-order valence-corrected chi connectivity index (χ2v) is 5.48. The van der Waals surface area contributed by atoms with Crippen LogP contribution in [0, 0.1) is 0 Å². The average molecular weight is 292 g/mol. The Morgan fingerprint density at radius 3 is 2.43 bits per heavy atom. The summed E-state index contributed by atoms with van der Waals surface area (Å²) in [5, 5.41) is 11.9. The van der Waals surface area contributed by atoms with E-state index in [-0.39, 0.29) is 12.5 Å². The lowest BCUT2D eigenvalue weighted by Crippen LogP contribution is -2.35. The average Bonchev–Trinajstić information content (AvgIpc) is 2.47. The van der Waals surface area contributed by atoms with E-state index in [0.717, 1.165) is 25.1 Å². The maximum absolute atomic E-state index is 12.0. The fourth-order valence-corrected chi connectivity index (χ4v) is 2.26. The summed E-state index contributed by atoms with van der Waals surface area (Å²) in [5.74, 6) is 0.507. The number of aliphatic hydroxyl groups is 1. The molecule has 118 valence electrons. The van der Waals surface area contributed by atoms with Crippen LogP contribution >= 0.6 is 0 Å². The molecule has 0 saturated carbocycles. The van der Waals surface area contributed by atoms with Gasteiger partial charge in [0.25, 0.3) is 0 Å². The topological polar surface area (TPSA) is 52.6 Å². The number of aliphatic hydroxyl groups excluding tert-OH is 1. The van der Waals surface area contributed by atoms with E-state index in [2.05, 4.69) is 38.2 Å². The van der Waals surface area contributed by atoms with Crippen LogP contribution in [0.5, 0.6) is 0 Å². The number of rotatable bonds is 9. The zero-order valence-corrected chi connectivity index (χ0v) is 13.4. The van der Waals surface area contributed by atoms with Crippen molar-refractivity contribution in [2.75, 3.05) is 31.6 Å². The Hall–Kier alpha value is -1.39. The summed E-state index contributed by atoms with van der Waals surface area (Å²) in [5.41, 5.74) is 2.12. The number of hydrogen-bond acceptors (Lipinski definition) is 3. The van der Waals surface area contributed by atoms with Crippen LogP contribution in [-0.2, 0) is 4.79 Å². The number of anilines is 1. The van der Waals surface area contributed by atoms with Gasteiger partial charge >= 0.3 is 0 Å². The third-order valence-electron chi connectivity index (χ3n) is 3.70. The highest BCUT2D eigenvalue weighted by molar-refractivity contribution is 5.92. The van der Waals surface area contributed by atoms with Gasteiger partial charge in [0.15, 0.2) is 0 Å². The fraction of sp³-hybridized carbons (Fsp3) is 0.588. The maximum Gasteiger partial charge on any atom is 0.238 e. The number of amides is 1. The smallest absolute Gasteiger partial charge is 0.238 e. The van der Waals surface area contributed by atoms with Gasteiger partial charge in [0.2, 0.25) is 5.91 Å². The highest BCUT2D eigenvalue weighted by atomic mass is 16.3. The van der Waals surface area contributed by atoms with Crippen molar-refractivity contribution in [3.63, 3.8) is 0 Å². The first-order valence-electron chi connectivity index (χ1n) is 7.83. The molecular formula is C17H28N2O2. The molecule has 0 saturated heterocycles. The molecule has 21 heavy (non-hydrogen) atoms. The van der Waals surface area contributed by atoms with Crippen LogP contribution < -0.4 is 5.32 Å². The standard InChI is InChI=1S/C17H28N2O2/c1-4-10-19(11-12-20)13-17(21)18-16-8-6-15(7-9-16)14(3)5-2/h6-9,14,20H,4-5,10-13H2,1-3H3,(H,18,21). The lowest BCUT2D eigenvalue weighted by Gasteiger charge is -2.19. The lowest BCUT2D eigenvalue weighted by atomic mass is 9.99. The molecular weight excluding hydrogens is 264 g/mol. The zero-order chi connectivity index (χ0) is 15.7. The number of benzene rings is 1. The minimum Gasteiger partial charge on any atom is -0.395 e. The summed E-state index contributed by atoms with van der Waals surface area (Å²) in [6, 6.07) is 8.05. The molecule has 1 aromatic carbocycles. The van der Waals surface area contributed by atoms with E-state index in [4.69, 9.17) is 5.11 Å². The van der Waals surface area contributed by atoms with Crippen molar-refractivity contribution in [3.8, 4) is 0 Å². The van der Waals surface area contributed by atoms with Crippen molar-refractivity contribution >= 4 is 11.6 Å². The summed E-state index contributed by atoms with van der Waals surface area (Å²) >= 11 is 0. The molecule has 1 rings (SSSR count). The van der Waals surface area contributed by atoms with Crippen LogP contribution in [0.1, 0.15) is 45.1 Å². The molecule has 0 bridgehead atoms. The molecule has 0 aliphatic carbocycles. The largest absolute Gasteiger partial charge is 0.395 e. The van der Waals surface area contributed by atoms with Crippen LogP contribution in [0.25, 0.3) is 0 Å². The normalized spacial score (nSPS) is 12.4. The first-order chi connectivity index (χ1) is 10.1. The zero-order valence-electron chi connectivity index (χ0n) is 13.4. The number of carbonyl (C=O) groups excluding carboxylic acids is 1. The van der Waals surface area contributed by atoms with Crippen LogP contribution in [0.2, 0.25) is 0 Å². The Kier molecular flexibility index (Phi) is 8.01. The Morgan fingerprint density at radius 2 is 1.90 bits per heavy atom. The third-order valence-corrected chi connectivity index (χ3v) is 3.70. The second-order valence-electron chi connectivity index (χ2n) is 5.48. The van der Waals surface area contributed by atoms with E-state index in [0.29, 0.717) is 19.0 Å². The number of nitrogens with one attached hydrogen (secondary N) is 1. The number of nitrogens with zero attached hydrogens (tertiary/aromatic N) is 1. The molecule has 0 aliphatic heterocycles. The van der Waals surface area contributed by atoms with Crippen LogP contribution in [0.4, 0.5) is 5.69 Å². The summed E-state index contributed by atoms with van der Waals surface area (Å²) in [4.78, 5) is 14.0. The summed E-state index contributed by atoms with van der Waals surface area (Å²) in [6.45, 7) is 8.19. The van der Waals surface area contributed by atoms with Crippen molar-refractivity contribution in [1.82, 2.24) is 4.90 Å². The highest BCUT2D eigenvalue weighted by Crippen LogP contribution is 2.20. The van der Waals surface area contributed by atoms with Crippen LogP contribution in [0.15, 0.2) is 24.3 Å². The molecule has 2 N–H and O–H groups in total. The van der Waals surface area contributed by atoms with E-state index in [9.17, 15) is 4.79 Å². The van der Waals surface area contributed by atoms with E-state index >= 15 is 0 Å². The number of carbonyl (C=O) groups is 1. The maximum atomic E-state index is 12.0. The Morgan fingerprint density at radius 1 is 1.24 bits per heavy atom. The van der Waals surface area contributed by atoms with E-state index in [1.165, 1.54) is 5.56 Å². The minimum absolute atomic E-state index is 0.0341. The molecule has 0 radical (unpaired) electrons. The van der Waals surface area contributed by atoms with Gasteiger partial charge < -0.3 is 10.4 Å². The predicted molar refractivity (Wildman–Crippen MR) is 87.6 cm³/mol. The Labute approximate surface area is 128 Å². The Bertz CT molecular complexity index is 411. The first-order valence-corrected chi connectivity index (χ1v) is 7.83. The molecule has 1 unspecified atom stereocenters. The molecule has 0 aromatic heterocycles. The summed E-state index contributed by atoms with van der Waals surface area (Å²) in [6.07, 6.45) is 2.08. The van der Waals surface area contributed by atoms with Gasteiger partial charge in [-0.3, -0.25) is 9.69 Å².